The van der Waals surface area contributed by atoms with E-state index in [-0.39, 0.29) is 5.88 Å². The summed E-state index contributed by atoms with van der Waals surface area (Å²) in [6.07, 6.45) is -1.07. The lowest BCUT2D eigenvalue weighted by Crippen LogP contribution is -2.38. The summed E-state index contributed by atoms with van der Waals surface area (Å²) in [5.74, 6) is -0.0424. The summed E-state index contributed by atoms with van der Waals surface area (Å²) >= 11 is 3.16. The molecule has 0 bridgehead atoms. The Hall–Kier alpha value is -0.610. The number of pyridine rings is 1. The van der Waals surface area contributed by atoms with Gasteiger partial charge >= 0.3 is 0 Å². The first-order valence-electron chi connectivity index (χ1n) is 5.69. The fourth-order valence-electron chi connectivity index (χ4n) is 0.662. The fourth-order valence-corrected chi connectivity index (χ4v) is 0.896. The molecule has 2 heterocycles. The molecule has 1 aromatic rings. The monoisotopic (exact) mass is 234 g/mol. The lowest BCUT2D eigenvalue weighted by Gasteiger charge is -2.25. The van der Waals surface area contributed by atoms with Crippen LogP contribution < -0.4 is 4.74 Å². The highest BCUT2D eigenvalue weighted by Gasteiger charge is 2.20. The summed E-state index contributed by atoms with van der Waals surface area (Å²) in [7, 11) is 0. The first-order chi connectivity index (χ1) is 7.68. The van der Waals surface area contributed by atoms with Crippen LogP contribution in [0.25, 0.3) is 0 Å². The van der Waals surface area contributed by atoms with Gasteiger partial charge in [0.1, 0.15) is 6.08 Å². The summed E-state index contributed by atoms with van der Waals surface area (Å²) in [4.78, 5) is 3.80. The normalized spacial score (nSPS) is 34.2. The quantitative estimate of drug-likeness (QED) is 0.780. The van der Waals surface area contributed by atoms with Gasteiger partial charge in [-0.2, -0.15) is 0 Å². The molecule has 0 spiro atoms. The molecule has 0 N–H and O–H groups in total. The van der Waals surface area contributed by atoms with E-state index in [9.17, 15) is 0 Å². The van der Waals surface area contributed by atoms with E-state index in [1.165, 1.54) is 12.3 Å². The molecule has 2 rings (SSSR count). The third-order valence-electron chi connectivity index (χ3n) is 1.19. The summed E-state index contributed by atoms with van der Waals surface area (Å²) < 4.78 is 47.0. The molecule has 1 saturated heterocycles. The minimum Gasteiger partial charge on any atom is -0.469 e. The van der Waals surface area contributed by atoms with E-state index < -0.39 is 19.2 Å². The zero-order chi connectivity index (χ0) is 12.9. The number of rotatable bonds is 2. The number of hydrogen-bond donors (Lipinski definition) is 0. The molecule has 0 aromatic carbocycles. The van der Waals surface area contributed by atoms with Gasteiger partial charge in [-0.1, -0.05) is 0 Å². The van der Waals surface area contributed by atoms with Crippen molar-refractivity contribution in [1.82, 2.24) is 4.98 Å². The molecule has 3 nitrogen and oxygen atoms in total. The maximum Gasteiger partial charge on any atom is 0.213 e. The first kappa shape index (κ1) is 4.07. The minimum absolute atomic E-state index is 0.0424. The maximum absolute atomic E-state index is 7.71. The van der Waals surface area contributed by atoms with E-state index in [4.69, 9.17) is 11.6 Å². The molecular formula is C8H8BrNO2. The Labute approximate surface area is 85.9 Å². The molecule has 4 heteroatoms. The zero-order valence-corrected chi connectivity index (χ0v) is 7.46. The highest BCUT2D eigenvalue weighted by Crippen LogP contribution is 2.15. The van der Waals surface area contributed by atoms with Gasteiger partial charge in [-0.05, 0) is 22.0 Å². The summed E-state index contributed by atoms with van der Waals surface area (Å²) in [6, 6.07) is 3.00. The van der Waals surface area contributed by atoms with E-state index in [2.05, 4.69) is 25.7 Å². The van der Waals surface area contributed by atoms with E-state index >= 15 is 0 Å². The van der Waals surface area contributed by atoms with Crippen LogP contribution in [0.15, 0.2) is 22.8 Å². The van der Waals surface area contributed by atoms with Gasteiger partial charge in [-0.3, -0.25) is 0 Å². The number of halogens is 1. The molecule has 0 aliphatic carbocycles. The van der Waals surface area contributed by atoms with Crippen LogP contribution in [0.4, 0.5) is 0 Å². The second-order valence-electron chi connectivity index (χ2n) is 2.05. The van der Waals surface area contributed by atoms with Crippen molar-refractivity contribution in [3.05, 3.63) is 22.8 Å². The molecule has 0 unspecified atom stereocenters. The Morgan fingerprint density at radius 2 is 2.58 bits per heavy atom. The molecule has 12 heavy (non-hydrogen) atoms. The number of nitrogens with zero attached hydrogens (tertiary/aromatic N) is 1. The van der Waals surface area contributed by atoms with Crippen molar-refractivity contribution in [3.63, 3.8) is 0 Å². The molecule has 0 amide bonds. The molecular weight excluding hydrogens is 222 g/mol. The standard InChI is InChI=1S/C8H8BrNO2/c9-6-1-2-8(10-3-6)12-7-4-11-5-7/h1-3,7H,4-5H2/i4D2,5D2,7D. The van der Waals surface area contributed by atoms with Crippen molar-refractivity contribution in [1.29, 1.82) is 0 Å². The number of aromatic nitrogens is 1. The SMILES string of the molecule is [2H]C1([2H])OC([2H])([2H])C1([2H])Oc1ccc(Br)cn1. The number of ether oxygens (including phenoxy) is 2. The topological polar surface area (TPSA) is 31.4 Å². The van der Waals surface area contributed by atoms with Crippen LogP contribution in [0.3, 0.4) is 0 Å². The summed E-state index contributed by atoms with van der Waals surface area (Å²) in [6.45, 7) is -5.05. The van der Waals surface area contributed by atoms with Gasteiger partial charge in [-0.15, -0.1) is 0 Å². The summed E-state index contributed by atoms with van der Waals surface area (Å²) in [5.41, 5.74) is 0. The van der Waals surface area contributed by atoms with Gasteiger partial charge in [0.25, 0.3) is 0 Å². The Balaban J connectivity index is 2.25. The molecule has 64 valence electrons. The fraction of sp³-hybridized carbons (Fsp3) is 0.375. The summed E-state index contributed by atoms with van der Waals surface area (Å²) in [5, 5.41) is 0. The van der Waals surface area contributed by atoms with Crippen LogP contribution in [0.1, 0.15) is 6.85 Å². The Morgan fingerprint density at radius 3 is 3.17 bits per heavy atom. The molecule has 0 atom stereocenters. The smallest absolute Gasteiger partial charge is 0.213 e. The highest BCUT2D eigenvalue weighted by molar-refractivity contribution is 9.10. The van der Waals surface area contributed by atoms with Crippen LogP contribution in [0.2, 0.25) is 0 Å². The van der Waals surface area contributed by atoms with Crippen molar-refractivity contribution in [3.8, 4) is 5.88 Å². The van der Waals surface area contributed by atoms with E-state index in [1.807, 2.05) is 0 Å². The van der Waals surface area contributed by atoms with Crippen molar-refractivity contribution in [2.45, 2.75) is 6.08 Å². The third-order valence-corrected chi connectivity index (χ3v) is 1.66. The lowest BCUT2D eigenvalue weighted by atomic mass is 10.3. The molecule has 1 aliphatic heterocycles. The minimum atomic E-state index is -2.52. The van der Waals surface area contributed by atoms with E-state index in [1.54, 1.807) is 6.07 Å². The van der Waals surface area contributed by atoms with E-state index in [0.717, 1.165) is 0 Å². The van der Waals surface area contributed by atoms with Crippen LogP contribution in [-0.2, 0) is 4.74 Å². The van der Waals surface area contributed by atoms with Gasteiger partial charge < -0.3 is 9.47 Å². The van der Waals surface area contributed by atoms with Crippen LogP contribution in [0, 0.1) is 0 Å². The largest absolute Gasteiger partial charge is 0.469 e. The average Bonchev–Trinajstić information content (AvgIpc) is 2.19. The average molecular weight is 235 g/mol. The van der Waals surface area contributed by atoms with Crippen molar-refractivity contribution in [2.24, 2.45) is 0 Å². The van der Waals surface area contributed by atoms with Crippen molar-refractivity contribution in [2.75, 3.05) is 13.1 Å². The van der Waals surface area contributed by atoms with Crippen LogP contribution in [-0.4, -0.2) is 24.2 Å². The number of hydrogen-bond acceptors (Lipinski definition) is 3. The molecule has 1 fully saturated rings. The Morgan fingerprint density at radius 1 is 1.75 bits per heavy atom. The van der Waals surface area contributed by atoms with Crippen LogP contribution >= 0.6 is 15.9 Å². The van der Waals surface area contributed by atoms with Gasteiger partial charge in [0.05, 0.1) is 20.0 Å². The highest BCUT2D eigenvalue weighted by atomic mass is 79.9. The second-order valence-corrected chi connectivity index (χ2v) is 2.97. The second kappa shape index (κ2) is 3.41. The van der Waals surface area contributed by atoms with Gasteiger partial charge in [0, 0.05) is 16.7 Å². The lowest BCUT2D eigenvalue weighted by molar-refractivity contribution is -0.0813. The zero-order valence-electron chi connectivity index (χ0n) is 10.9. The third kappa shape index (κ3) is 1.76. The maximum atomic E-state index is 7.71. The van der Waals surface area contributed by atoms with Crippen molar-refractivity contribution < 1.29 is 16.3 Å². The molecule has 1 aliphatic rings. The first-order valence-corrected chi connectivity index (χ1v) is 3.98. The van der Waals surface area contributed by atoms with Crippen LogP contribution in [0.5, 0.6) is 5.88 Å². The Bertz CT molecular complexity index is 424. The van der Waals surface area contributed by atoms with Gasteiger partial charge in [0.2, 0.25) is 5.88 Å². The Kier molecular flexibility index (Phi) is 1.16. The van der Waals surface area contributed by atoms with E-state index in [0.29, 0.717) is 4.47 Å². The van der Waals surface area contributed by atoms with Crippen molar-refractivity contribution >= 4 is 15.9 Å². The predicted molar refractivity (Wildman–Crippen MR) is 47.2 cm³/mol. The van der Waals surface area contributed by atoms with Gasteiger partial charge in [-0.25, -0.2) is 4.98 Å². The predicted octanol–water partition coefficient (Wildman–Crippen LogP) is 1.62. The van der Waals surface area contributed by atoms with Gasteiger partial charge in [0.15, 0.2) is 0 Å². The molecule has 0 radical (unpaired) electrons. The molecule has 1 aromatic heterocycles. The molecule has 0 saturated carbocycles.